The highest BCUT2D eigenvalue weighted by atomic mass is 16.2. The molecule has 1 aliphatic rings. The number of hydrogen-bond acceptors (Lipinski definition) is 4. The van der Waals surface area contributed by atoms with Gasteiger partial charge in [-0.2, -0.15) is 0 Å². The smallest absolute Gasteiger partial charge is 0.255 e. The minimum atomic E-state index is -0.174. The van der Waals surface area contributed by atoms with Crippen LogP contribution in [0, 0.1) is 0 Å². The van der Waals surface area contributed by atoms with Gasteiger partial charge in [-0.15, -0.1) is 0 Å². The first-order valence-electron chi connectivity index (χ1n) is 6.46. The summed E-state index contributed by atoms with van der Waals surface area (Å²) in [5.74, 6) is -0.00984. The van der Waals surface area contributed by atoms with Crippen LogP contribution in [0.4, 0.5) is 0 Å². The summed E-state index contributed by atoms with van der Waals surface area (Å²) in [6.45, 7) is 3.49. The summed E-state index contributed by atoms with van der Waals surface area (Å²) in [6, 6.07) is 3.44. The Balaban J connectivity index is 2.05. The summed E-state index contributed by atoms with van der Waals surface area (Å²) in [5, 5.41) is 0. The fourth-order valence-corrected chi connectivity index (χ4v) is 2.17. The number of nitrogens with zero attached hydrogens (tertiary/aromatic N) is 3. The zero-order chi connectivity index (χ0) is 13.8. The Hall–Kier alpha value is -1.66. The minimum absolute atomic E-state index is 0.00984. The molecule has 6 nitrogen and oxygen atoms in total. The molecule has 1 aliphatic heterocycles. The highest BCUT2D eigenvalue weighted by Crippen LogP contribution is 2.01. The maximum absolute atomic E-state index is 12.1. The number of carbonyl (C=O) groups excluding carboxylic acids is 1. The Morgan fingerprint density at radius 1 is 1.32 bits per heavy atom. The van der Waals surface area contributed by atoms with Crippen molar-refractivity contribution in [1.82, 2.24) is 14.4 Å². The first-order chi connectivity index (χ1) is 9.11. The van der Waals surface area contributed by atoms with Crippen molar-refractivity contribution in [3.8, 4) is 0 Å². The molecule has 1 fully saturated rings. The number of hydrogen-bond donors (Lipinski definition) is 1. The van der Waals surface area contributed by atoms with Crippen molar-refractivity contribution in [1.29, 1.82) is 0 Å². The van der Waals surface area contributed by atoms with Gasteiger partial charge in [-0.25, -0.2) is 0 Å². The Morgan fingerprint density at radius 3 is 2.63 bits per heavy atom. The van der Waals surface area contributed by atoms with Crippen molar-refractivity contribution in [2.75, 3.05) is 33.2 Å². The molecule has 2 rings (SSSR count). The summed E-state index contributed by atoms with van der Waals surface area (Å²) >= 11 is 0. The van der Waals surface area contributed by atoms with Crippen LogP contribution in [0.25, 0.3) is 0 Å². The average molecular weight is 264 g/mol. The number of rotatable bonds is 3. The number of amides is 1. The molecule has 0 spiro atoms. The van der Waals surface area contributed by atoms with Crippen molar-refractivity contribution in [3.05, 3.63) is 34.2 Å². The lowest BCUT2D eigenvalue weighted by atomic mass is 10.2. The van der Waals surface area contributed by atoms with E-state index >= 15 is 0 Å². The molecule has 0 aliphatic carbocycles. The largest absolute Gasteiger partial charge is 0.339 e. The average Bonchev–Trinajstić information content (AvgIpc) is 2.42. The first kappa shape index (κ1) is 13.8. The van der Waals surface area contributed by atoms with Gasteiger partial charge in [0, 0.05) is 44.5 Å². The van der Waals surface area contributed by atoms with Crippen LogP contribution in [0.5, 0.6) is 0 Å². The van der Waals surface area contributed by atoms with E-state index in [4.69, 9.17) is 5.73 Å². The molecule has 0 bridgehead atoms. The van der Waals surface area contributed by atoms with Crippen LogP contribution in [0.1, 0.15) is 5.56 Å². The molecular weight excluding hydrogens is 244 g/mol. The van der Waals surface area contributed by atoms with Gasteiger partial charge in [-0.1, -0.05) is 6.07 Å². The first-order valence-corrected chi connectivity index (χ1v) is 6.46. The monoisotopic (exact) mass is 264 g/mol. The Bertz CT molecular complexity index is 504. The lowest BCUT2D eigenvalue weighted by molar-refractivity contribution is -0.133. The lowest BCUT2D eigenvalue weighted by Crippen LogP contribution is -2.48. The predicted molar refractivity (Wildman–Crippen MR) is 72.7 cm³/mol. The third-order valence-corrected chi connectivity index (χ3v) is 3.48. The topological polar surface area (TPSA) is 71.6 Å². The molecule has 1 aromatic rings. The second kappa shape index (κ2) is 5.99. The normalized spacial score (nSPS) is 16.6. The fraction of sp³-hybridized carbons (Fsp3) is 0.538. The summed E-state index contributed by atoms with van der Waals surface area (Å²) in [5.41, 5.74) is 5.86. The van der Waals surface area contributed by atoms with Crippen molar-refractivity contribution >= 4 is 5.91 Å². The van der Waals surface area contributed by atoms with Crippen molar-refractivity contribution in [2.45, 2.75) is 13.1 Å². The molecular formula is C13H20N4O2. The van der Waals surface area contributed by atoms with Crippen LogP contribution in [-0.2, 0) is 17.9 Å². The SMILES string of the molecule is CN1CCN(C(=O)Cn2cccc(CN)c2=O)CC1. The zero-order valence-electron chi connectivity index (χ0n) is 11.2. The van der Waals surface area contributed by atoms with E-state index in [1.54, 1.807) is 18.3 Å². The van der Waals surface area contributed by atoms with Gasteiger partial charge >= 0.3 is 0 Å². The van der Waals surface area contributed by atoms with Crippen LogP contribution >= 0.6 is 0 Å². The molecule has 0 radical (unpaired) electrons. The van der Waals surface area contributed by atoms with E-state index in [1.807, 2.05) is 11.9 Å². The van der Waals surface area contributed by atoms with E-state index in [0.717, 1.165) is 26.2 Å². The highest BCUT2D eigenvalue weighted by molar-refractivity contribution is 5.76. The third kappa shape index (κ3) is 3.21. The van der Waals surface area contributed by atoms with E-state index in [9.17, 15) is 9.59 Å². The van der Waals surface area contributed by atoms with Gasteiger partial charge in [0.25, 0.3) is 5.56 Å². The molecule has 0 aromatic carbocycles. The van der Waals surface area contributed by atoms with E-state index in [1.165, 1.54) is 4.57 Å². The molecule has 0 unspecified atom stereocenters. The van der Waals surface area contributed by atoms with Crippen LogP contribution in [0.3, 0.4) is 0 Å². The number of nitrogens with two attached hydrogens (primary N) is 1. The molecule has 1 aromatic heterocycles. The molecule has 2 N–H and O–H groups in total. The Labute approximate surface area is 112 Å². The van der Waals surface area contributed by atoms with Gasteiger partial charge in [0.2, 0.25) is 5.91 Å². The molecule has 2 heterocycles. The highest BCUT2D eigenvalue weighted by Gasteiger charge is 2.19. The van der Waals surface area contributed by atoms with E-state index < -0.39 is 0 Å². The number of aromatic nitrogens is 1. The van der Waals surface area contributed by atoms with Crippen LogP contribution in [0.2, 0.25) is 0 Å². The third-order valence-electron chi connectivity index (χ3n) is 3.48. The van der Waals surface area contributed by atoms with E-state index in [0.29, 0.717) is 5.56 Å². The second-order valence-corrected chi connectivity index (χ2v) is 4.85. The number of carbonyl (C=O) groups is 1. The maximum atomic E-state index is 12.1. The Morgan fingerprint density at radius 2 is 2.00 bits per heavy atom. The quantitative estimate of drug-likeness (QED) is 0.766. The van der Waals surface area contributed by atoms with Gasteiger partial charge in [0.15, 0.2) is 0 Å². The fourth-order valence-electron chi connectivity index (χ4n) is 2.17. The molecule has 0 saturated carbocycles. The minimum Gasteiger partial charge on any atom is -0.339 e. The van der Waals surface area contributed by atoms with Gasteiger partial charge in [0.05, 0.1) is 0 Å². The van der Waals surface area contributed by atoms with Crippen LogP contribution in [-0.4, -0.2) is 53.5 Å². The van der Waals surface area contributed by atoms with Crippen molar-refractivity contribution in [3.63, 3.8) is 0 Å². The summed E-state index contributed by atoms with van der Waals surface area (Å²) in [4.78, 5) is 28.1. The number of piperazine rings is 1. The summed E-state index contributed by atoms with van der Waals surface area (Å²) in [6.07, 6.45) is 1.63. The van der Waals surface area contributed by atoms with E-state index in [-0.39, 0.29) is 24.6 Å². The molecule has 19 heavy (non-hydrogen) atoms. The van der Waals surface area contributed by atoms with Gasteiger partial charge in [0.1, 0.15) is 6.54 Å². The second-order valence-electron chi connectivity index (χ2n) is 4.85. The van der Waals surface area contributed by atoms with Gasteiger partial charge in [-0.05, 0) is 13.1 Å². The van der Waals surface area contributed by atoms with E-state index in [2.05, 4.69) is 4.90 Å². The maximum Gasteiger partial charge on any atom is 0.255 e. The molecule has 1 amide bonds. The molecule has 0 atom stereocenters. The molecule has 6 heteroatoms. The molecule has 104 valence electrons. The van der Waals surface area contributed by atoms with Gasteiger partial charge < -0.3 is 20.1 Å². The summed E-state index contributed by atoms with van der Waals surface area (Å²) < 4.78 is 1.43. The number of likely N-dealkylation sites (N-methyl/N-ethyl adjacent to an activating group) is 1. The van der Waals surface area contributed by atoms with Gasteiger partial charge in [-0.3, -0.25) is 9.59 Å². The predicted octanol–water partition coefficient (Wildman–Crippen LogP) is -0.919. The Kier molecular flexibility index (Phi) is 4.34. The van der Waals surface area contributed by atoms with Crippen LogP contribution in [0.15, 0.2) is 23.1 Å². The zero-order valence-corrected chi connectivity index (χ0v) is 11.2. The van der Waals surface area contributed by atoms with Crippen molar-refractivity contribution < 1.29 is 4.79 Å². The standard InChI is InChI=1S/C13H20N4O2/c1-15-5-7-16(8-6-15)12(18)10-17-4-2-3-11(9-14)13(17)19/h2-4H,5-10,14H2,1H3. The summed E-state index contributed by atoms with van der Waals surface area (Å²) in [7, 11) is 2.04. The van der Waals surface area contributed by atoms with Crippen LogP contribution < -0.4 is 11.3 Å². The lowest BCUT2D eigenvalue weighted by Gasteiger charge is -2.32. The molecule has 1 saturated heterocycles. The van der Waals surface area contributed by atoms with Crippen molar-refractivity contribution in [2.24, 2.45) is 5.73 Å². The number of pyridine rings is 1.